The molecule has 1 aromatic heterocycles. The van der Waals surface area contributed by atoms with Gasteiger partial charge in [-0.05, 0) is 18.2 Å². The fraction of sp³-hybridized carbons (Fsp3) is 0.333. The lowest BCUT2D eigenvalue weighted by Gasteiger charge is -2.27. The van der Waals surface area contributed by atoms with Crippen molar-refractivity contribution in [3.8, 4) is 5.75 Å². The molecule has 1 aliphatic heterocycles. The Kier molecular flexibility index (Phi) is 5.71. The molecule has 0 bridgehead atoms. The van der Waals surface area contributed by atoms with Gasteiger partial charge in [-0.1, -0.05) is 0 Å². The van der Waals surface area contributed by atoms with Crippen LogP contribution in [0.5, 0.6) is 5.75 Å². The monoisotopic (exact) mass is 398 g/mol. The molecule has 3 rings (SSSR count). The average molecular weight is 398 g/mol. The van der Waals surface area contributed by atoms with E-state index in [9.17, 15) is 13.6 Å². The van der Waals surface area contributed by atoms with Gasteiger partial charge >= 0.3 is 5.97 Å². The molecule has 1 aromatic carbocycles. The van der Waals surface area contributed by atoms with Gasteiger partial charge in [0.1, 0.15) is 5.75 Å². The first-order chi connectivity index (χ1) is 12.5. The molecule has 2 heterocycles. The summed E-state index contributed by atoms with van der Waals surface area (Å²) in [5.41, 5.74) is 0.180. The van der Waals surface area contributed by atoms with Crippen molar-refractivity contribution in [3.05, 3.63) is 29.1 Å². The average Bonchev–Trinajstić information content (AvgIpc) is 3.12. The Bertz CT molecular complexity index is 821. The summed E-state index contributed by atoms with van der Waals surface area (Å²) in [7, 11) is 1.34. The van der Waals surface area contributed by atoms with Crippen LogP contribution in [-0.2, 0) is 16.0 Å². The summed E-state index contributed by atoms with van der Waals surface area (Å²) < 4.78 is 35.2. The van der Waals surface area contributed by atoms with Crippen molar-refractivity contribution in [2.24, 2.45) is 0 Å². The molecule has 0 spiro atoms. The van der Waals surface area contributed by atoms with Crippen LogP contribution >= 0.6 is 11.3 Å². The predicted octanol–water partition coefficient (Wildman–Crippen LogP) is 1.62. The number of carbonyl (C=O) groups is 1. The van der Waals surface area contributed by atoms with Gasteiger partial charge in [0.25, 0.3) is 0 Å². The van der Waals surface area contributed by atoms with Crippen LogP contribution in [0.2, 0.25) is 0 Å². The van der Waals surface area contributed by atoms with E-state index in [1.165, 1.54) is 36.6 Å². The number of anilines is 3. The number of morpholine rings is 1. The summed E-state index contributed by atoms with van der Waals surface area (Å²) in [6, 6.07) is 3.97. The number of ether oxygens (including phenoxy) is 2. The number of aromatic nitrogens is 1. The molecule has 1 fully saturated rings. The molecular weight excluding hydrogens is 382 g/mol. The molecule has 1 atom stereocenters. The quantitative estimate of drug-likeness (QED) is 0.730. The molecule has 0 aliphatic carbocycles. The number of aromatic carboxylic acids is 1. The first-order valence-corrected chi connectivity index (χ1v) is 9.51. The lowest BCUT2D eigenvalue weighted by Crippen LogP contribution is -2.36. The zero-order chi connectivity index (χ0) is 18.7. The smallest absolute Gasteiger partial charge is 0.335 e. The van der Waals surface area contributed by atoms with Crippen LogP contribution in [0.3, 0.4) is 0 Å². The van der Waals surface area contributed by atoms with Crippen LogP contribution < -0.4 is 13.9 Å². The van der Waals surface area contributed by atoms with Crippen LogP contribution in [0.4, 0.5) is 16.6 Å². The molecule has 11 heteroatoms. The van der Waals surface area contributed by atoms with E-state index >= 15 is 0 Å². The van der Waals surface area contributed by atoms with E-state index in [-0.39, 0.29) is 22.8 Å². The molecule has 1 aliphatic rings. The van der Waals surface area contributed by atoms with Gasteiger partial charge in [-0.15, -0.1) is 11.3 Å². The van der Waals surface area contributed by atoms with E-state index in [0.717, 1.165) is 4.31 Å². The Morgan fingerprint density at radius 3 is 2.81 bits per heavy atom. The second-order valence-corrected chi connectivity index (χ2v) is 6.93. The summed E-state index contributed by atoms with van der Waals surface area (Å²) in [6.45, 7) is 2.56. The van der Waals surface area contributed by atoms with Crippen LogP contribution in [-0.4, -0.2) is 58.2 Å². The van der Waals surface area contributed by atoms with Gasteiger partial charge in [0.2, 0.25) is 0 Å². The number of hydrogen-bond acceptors (Lipinski definition) is 8. The molecule has 1 saturated heterocycles. The lowest BCUT2D eigenvalue weighted by molar-refractivity contribution is 0.0696. The Balaban J connectivity index is 1.96. The zero-order valence-electron chi connectivity index (χ0n) is 13.8. The number of carboxylic acids is 1. The van der Waals surface area contributed by atoms with Crippen molar-refractivity contribution in [2.75, 3.05) is 42.6 Å². The number of thiazole rings is 1. The van der Waals surface area contributed by atoms with E-state index in [1.807, 2.05) is 4.90 Å². The second-order valence-electron chi connectivity index (χ2n) is 5.29. The third-order valence-corrected chi connectivity index (χ3v) is 5.34. The van der Waals surface area contributed by atoms with Crippen molar-refractivity contribution >= 4 is 45.2 Å². The summed E-state index contributed by atoms with van der Waals surface area (Å²) in [4.78, 5) is 17.6. The van der Waals surface area contributed by atoms with Gasteiger partial charge in [-0.3, -0.25) is 4.21 Å². The number of methoxy groups -OCH3 is 1. The van der Waals surface area contributed by atoms with Crippen LogP contribution in [0.15, 0.2) is 23.6 Å². The zero-order valence-corrected chi connectivity index (χ0v) is 15.4. The fourth-order valence-electron chi connectivity index (χ4n) is 2.51. The standard InChI is InChI=1S/C15H17N3O6S2/c1-23-12-8-10(14(19)20)2-3-11(12)18(26(21)22)13-9-25-15(16-13)17-4-6-24-7-5-17/h2-3,8-9H,4-7H2,1H3,(H,19,20)(H,21,22)/p-1. The molecule has 0 radical (unpaired) electrons. The third kappa shape index (κ3) is 3.80. The summed E-state index contributed by atoms with van der Waals surface area (Å²) in [5, 5.41) is 11.4. The predicted molar refractivity (Wildman–Crippen MR) is 96.2 cm³/mol. The number of nitrogens with zero attached hydrogens (tertiary/aromatic N) is 3. The Labute approximate surface area is 156 Å². The molecule has 1 N–H and O–H groups in total. The maximum atomic E-state index is 11.9. The summed E-state index contributed by atoms with van der Waals surface area (Å²) in [6.07, 6.45) is 0. The maximum Gasteiger partial charge on any atom is 0.335 e. The first-order valence-electron chi connectivity index (χ1n) is 7.60. The third-order valence-electron chi connectivity index (χ3n) is 3.76. The Morgan fingerprint density at radius 2 is 2.19 bits per heavy atom. The van der Waals surface area contributed by atoms with E-state index in [1.54, 1.807) is 5.38 Å². The molecular formula is C15H16N3O6S2-. The highest BCUT2D eigenvalue weighted by atomic mass is 32.2. The molecule has 140 valence electrons. The first kappa shape index (κ1) is 18.6. The highest BCUT2D eigenvalue weighted by molar-refractivity contribution is 7.81. The highest BCUT2D eigenvalue weighted by Gasteiger charge is 2.22. The van der Waals surface area contributed by atoms with Gasteiger partial charge in [-0.25, -0.2) is 14.1 Å². The van der Waals surface area contributed by atoms with Crippen molar-refractivity contribution in [2.45, 2.75) is 0 Å². The maximum absolute atomic E-state index is 11.9. The van der Waals surface area contributed by atoms with Crippen LogP contribution in [0.25, 0.3) is 0 Å². The minimum atomic E-state index is -2.67. The fourth-order valence-corrected chi connectivity index (χ4v) is 3.98. The molecule has 0 saturated carbocycles. The van der Waals surface area contributed by atoms with Crippen molar-refractivity contribution < 1.29 is 28.1 Å². The van der Waals surface area contributed by atoms with Crippen molar-refractivity contribution in [3.63, 3.8) is 0 Å². The Hall–Kier alpha value is -2.21. The van der Waals surface area contributed by atoms with Gasteiger partial charge in [0, 0.05) is 18.5 Å². The van der Waals surface area contributed by atoms with E-state index in [2.05, 4.69) is 4.98 Å². The van der Waals surface area contributed by atoms with Crippen LogP contribution in [0.1, 0.15) is 10.4 Å². The molecule has 0 amide bonds. The Morgan fingerprint density at radius 1 is 1.46 bits per heavy atom. The highest BCUT2D eigenvalue weighted by Crippen LogP contribution is 2.37. The van der Waals surface area contributed by atoms with Gasteiger partial charge in [-0.2, -0.15) is 0 Å². The number of rotatable bonds is 6. The van der Waals surface area contributed by atoms with Gasteiger partial charge in [0.15, 0.2) is 10.9 Å². The van der Waals surface area contributed by atoms with Gasteiger partial charge < -0.3 is 24.0 Å². The molecule has 1 unspecified atom stereocenters. The van der Waals surface area contributed by atoms with Crippen molar-refractivity contribution in [1.82, 2.24) is 4.98 Å². The normalized spacial score (nSPS) is 15.5. The number of hydrogen-bond donors (Lipinski definition) is 1. The molecule has 9 nitrogen and oxygen atoms in total. The topological polar surface area (TPSA) is 115 Å². The van der Waals surface area contributed by atoms with E-state index < -0.39 is 17.2 Å². The molecule has 26 heavy (non-hydrogen) atoms. The molecule has 2 aromatic rings. The summed E-state index contributed by atoms with van der Waals surface area (Å²) in [5.74, 6) is -0.797. The summed E-state index contributed by atoms with van der Waals surface area (Å²) >= 11 is -1.34. The van der Waals surface area contributed by atoms with E-state index in [4.69, 9.17) is 14.6 Å². The largest absolute Gasteiger partial charge is 0.755 e. The van der Waals surface area contributed by atoms with Gasteiger partial charge in [0.05, 0.1) is 42.8 Å². The lowest BCUT2D eigenvalue weighted by atomic mass is 10.2. The SMILES string of the molecule is COc1cc(C(=O)O)ccc1N(c1csc(N2CCOCC2)n1)S(=O)[O-]. The second kappa shape index (κ2) is 7.99. The van der Waals surface area contributed by atoms with Crippen LogP contribution in [0, 0.1) is 0 Å². The minimum Gasteiger partial charge on any atom is -0.755 e. The number of benzene rings is 1. The van der Waals surface area contributed by atoms with Crippen molar-refractivity contribution in [1.29, 1.82) is 0 Å². The van der Waals surface area contributed by atoms with E-state index in [0.29, 0.717) is 31.4 Å². The number of carboxylic acid groups (broad SMARTS) is 1. The minimum absolute atomic E-state index is 0.00508.